The Labute approximate surface area is 117 Å². The van der Waals surface area contributed by atoms with Gasteiger partial charge < -0.3 is 5.11 Å². The lowest BCUT2D eigenvalue weighted by molar-refractivity contribution is 0.0687. The van der Waals surface area contributed by atoms with Gasteiger partial charge >= 0.3 is 5.97 Å². The van der Waals surface area contributed by atoms with Crippen LogP contribution in [0.3, 0.4) is 0 Å². The van der Waals surface area contributed by atoms with Crippen LogP contribution in [0.5, 0.6) is 0 Å². The van der Waals surface area contributed by atoms with Crippen molar-refractivity contribution in [1.82, 2.24) is 14.6 Å². The summed E-state index contributed by atoms with van der Waals surface area (Å²) < 4.78 is 14.1. The molecule has 2 aromatic heterocycles. The lowest BCUT2D eigenvalue weighted by Gasteiger charge is -2.05. The maximum Gasteiger partial charge on any atom is 0.354 e. The van der Waals surface area contributed by atoms with Gasteiger partial charge in [-0.1, -0.05) is 11.6 Å². The molecule has 20 heavy (non-hydrogen) atoms. The van der Waals surface area contributed by atoms with E-state index in [1.165, 1.54) is 36.5 Å². The molecule has 0 aliphatic heterocycles. The van der Waals surface area contributed by atoms with E-state index in [0.717, 1.165) is 4.52 Å². The predicted molar refractivity (Wildman–Crippen MR) is 70.4 cm³/mol. The van der Waals surface area contributed by atoms with Crippen molar-refractivity contribution in [2.45, 2.75) is 0 Å². The summed E-state index contributed by atoms with van der Waals surface area (Å²) >= 11 is 5.94. The van der Waals surface area contributed by atoms with Crippen molar-refractivity contribution >= 4 is 23.2 Å². The summed E-state index contributed by atoms with van der Waals surface area (Å²) in [5.74, 6) is -1.53. The number of hydrogen-bond donors (Lipinski definition) is 1. The number of aromatic carboxylic acids is 1. The highest BCUT2D eigenvalue weighted by Gasteiger charge is 2.16. The van der Waals surface area contributed by atoms with Crippen LogP contribution in [0, 0.1) is 5.82 Å². The number of carboxylic acid groups (broad SMARTS) is 1. The molecule has 0 aliphatic carbocycles. The highest BCUT2D eigenvalue weighted by atomic mass is 35.5. The van der Waals surface area contributed by atoms with Gasteiger partial charge in [-0.25, -0.2) is 18.7 Å². The number of halogens is 2. The number of nitrogens with zero attached hydrogens (tertiary/aromatic N) is 3. The van der Waals surface area contributed by atoms with Crippen LogP contribution >= 0.6 is 11.6 Å². The van der Waals surface area contributed by atoms with Crippen molar-refractivity contribution in [2.24, 2.45) is 0 Å². The third kappa shape index (κ3) is 2.00. The third-order valence-corrected chi connectivity index (χ3v) is 3.05. The molecular weight excluding hydrogens is 285 g/mol. The summed E-state index contributed by atoms with van der Waals surface area (Å²) in [6.07, 6.45) is 1.32. The number of hydrogen-bond acceptors (Lipinski definition) is 3. The van der Waals surface area contributed by atoms with Gasteiger partial charge in [0.15, 0.2) is 11.3 Å². The second kappa shape index (κ2) is 4.57. The zero-order valence-electron chi connectivity index (χ0n) is 9.92. The van der Waals surface area contributed by atoms with E-state index >= 15 is 0 Å². The highest BCUT2D eigenvalue weighted by Crippen LogP contribution is 2.23. The van der Waals surface area contributed by atoms with Gasteiger partial charge in [0.05, 0.1) is 11.9 Å². The number of fused-ring (bicyclic) bond motifs is 1. The average molecular weight is 292 g/mol. The predicted octanol–water partition coefficient (Wildman–Crippen LogP) is 2.89. The summed E-state index contributed by atoms with van der Waals surface area (Å²) in [5, 5.41) is 13.3. The molecule has 3 rings (SSSR count). The number of benzene rings is 1. The summed E-state index contributed by atoms with van der Waals surface area (Å²) in [7, 11) is 0. The Balaban J connectivity index is 2.28. The first-order valence-corrected chi connectivity index (χ1v) is 5.97. The number of carboxylic acids is 1. The number of rotatable bonds is 2. The zero-order chi connectivity index (χ0) is 14.3. The van der Waals surface area contributed by atoms with E-state index in [2.05, 4.69) is 10.1 Å². The summed E-state index contributed by atoms with van der Waals surface area (Å²) in [6, 6.07) is 6.96. The van der Waals surface area contributed by atoms with Gasteiger partial charge in [-0.15, -0.1) is 0 Å². The van der Waals surface area contributed by atoms with Gasteiger partial charge in [-0.2, -0.15) is 5.10 Å². The van der Waals surface area contributed by atoms with Crippen molar-refractivity contribution in [2.75, 3.05) is 0 Å². The molecule has 1 aromatic carbocycles. The molecule has 0 aliphatic rings. The van der Waals surface area contributed by atoms with Crippen LogP contribution in [0.1, 0.15) is 10.5 Å². The highest BCUT2D eigenvalue weighted by molar-refractivity contribution is 6.33. The van der Waals surface area contributed by atoms with Crippen LogP contribution in [-0.2, 0) is 0 Å². The molecule has 0 atom stereocenters. The van der Waals surface area contributed by atoms with Gasteiger partial charge in [-0.3, -0.25) is 0 Å². The molecule has 0 unspecified atom stereocenters. The molecule has 5 nitrogen and oxygen atoms in total. The van der Waals surface area contributed by atoms with E-state index in [0.29, 0.717) is 11.3 Å². The molecule has 100 valence electrons. The molecular formula is C13H7ClFN3O2. The van der Waals surface area contributed by atoms with Crippen molar-refractivity contribution in [1.29, 1.82) is 0 Å². The third-order valence-electron chi connectivity index (χ3n) is 2.79. The van der Waals surface area contributed by atoms with Gasteiger partial charge in [0.1, 0.15) is 10.8 Å². The van der Waals surface area contributed by atoms with Crippen molar-refractivity contribution in [3.05, 3.63) is 53.1 Å². The van der Waals surface area contributed by atoms with Crippen LogP contribution in [0.2, 0.25) is 5.02 Å². The molecule has 0 saturated heterocycles. The van der Waals surface area contributed by atoms with Crippen LogP contribution in [-0.4, -0.2) is 25.7 Å². The van der Waals surface area contributed by atoms with Crippen LogP contribution in [0.4, 0.5) is 4.39 Å². The van der Waals surface area contributed by atoms with E-state index in [-0.39, 0.29) is 22.2 Å². The fourth-order valence-electron chi connectivity index (χ4n) is 1.86. The minimum atomic E-state index is -1.15. The SMILES string of the molecule is O=C(O)c1cc(-c2ccc(F)cc2)nc2c(Cl)cnn12. The second-order valence-electron chi connectivity index (χ2n) is 4.07. The molecule has 0 amide bonds. The Morgan fingerprint density at radius 3 is 2.65 bits per heavy atom. The molecule has 0 bridgehead atoms. The van der Waals surface area contributed by atoms with Gasteiger partial charge in [0.25, 0.3) is 0 Å². The van der Waals surface area contributed by atoms with Crippen LogP contribution in [0.15, 0.2) is 36.5 Å². The molecule has 7 heteroatoms. The largest absolute Gasteiger partial charge is 0.477 e. The van der Waals surface area contributed by atoms with E-state index < -0.39 is 5.97 Å². The fourth-order valence-corrected chi connectivity index (χ4v) is 2.02. The first-order chi connectivity index (χ1) is 9.56. The second-order valence-corrected chi connectivity index (χ2v) is 4.47. The molecule has 0 radical (unpaired) electrons. The van der Waals surface area contributed by atoms with E-state index in [1.807, 2.05) is 0 Å². The molecule has 1 N–H and O–H groups in total. The Morgan fingerprint density at radius 2 is 2.00 bits per heavy atom. The molecule has 0 fully saturated rings. The summed E-state index contributed by atoms with van der Waals surface area (Å²) in [6.45, 7) is 0. The van der Waals surface area contributed by atoms with Gasteiger partial charge in [-0.05, 0) is 30.3 Å². The first-order valence-electron chi connectivity index (χ1n) is 5.60. The Bertz CT molecular complexity index is 814. The minimum absolute atomic E-state index is 0.0683. The van der Waals surface area contributed by atoms with Gasteiger partial charge in [0, 0.05) is 5.56 Å². The van der Waals surface area contributed by atoms with Crippen molar-refractivity contribution in [3.63, 3.8) is 0 Å². The van der Waals surface area contributed by atoms with E-state index in [9.17, 15) is 14.3 Å². The Hall–Kier alpha value is -2.47. The lowest BCUT2D eigenvalue weighted by Crippen LogP contribution is -2.08. The van der Waals surface area contributed by atoms with Crippen LogP contribution < -0.4 is 0 Å². The summed E-state index contributed by atoms with van der Waals surface area (Å²) in [5.41, 5.74) is 1.15. The topological polar surface area (TPSA) is 67.5 Å². The number of aromatic nitrogens is 3. The maximum absolute atomic E-state index is 12.9. The quantitative estimate of drug-likeness (QED) is 0.788. The lowest BCUT2D eigenvalue weighted by atomic mass is 10.1. The smallest absolute Gasteiger partial charge is 0.354 e. The normalized spacial score (nSPS) is 10.9. The zero-order valence-corrected chi connectivity index (χ0v) is 10.7. The monoisotopic (exact) mass is 291 g/mol. The standard InChI is InChI=1S/C13H7ClFN3O2/c14-9-6-16-18-11(13(19)20)5-10(17-12(9)18)7-1-3-8(15)4-2-7/h1-6H,(H,19,20). The molecule has 0 saturated carbocycles. The Morgan fingerprint density at radius 1 is 1.30 bits per heavy atom. The minimum Gasteiger partial charge on any atom is -0.477 e. The van der Waals surface area contributed by atoms with Crippen LogP contribution in [0.25, 0.3) is 16.9 Å². The van der Waals surface area contributed by atoms with Crippen molar-refractivity contribution in [3.8, 4) is 11.3 Å². The van der Waals surface area contributed by atoms with Crippen molar-refractivity contribution < 1.29 is 14.3 Å². The maximum atomic E-state index is 12.9. The van der Waals surface area contributed by atoms with Gasteiger partial charge in [0.2, 0.25) is 0 Å². The molecule has 0 spiro atoms. The number of carbonyl (C=O) groups is 1. The average Bonchev–Trinajstić information content (AvgIpc) is 2.80. The molecule has 2 heterocycles. The summed E-state index contributed by atoms with van der Waals surface area (Å²) in [4.78, 5) is 15.5. The Kier molecular flexibility index (Phi) is 2.87. The fraction of sp³-hybridized carbons (Fsp3) is 0. The van der Waals surface area contributed by atoms with E-state index in [1.54, 1.807) is 0 Å². The first kappa shape index (κ1) is 12.6. The van der Waals surface area contributed by atoms with E-state index in [4.69, 9.17) is 11.6 Å². The molecule has 3 aromatic rings.